The van der Waals surface area contributed by atoms with Gasteiger partial charge in [-0.25, -0.2) is 0 Å². The van der Waals surface area contributed by atoms with Gasteiger partial charge in [0, 0.05) is 34.5 Å². The molecule has 1 N–H and O–H groups in total. The van der Waals surface area contributed by atoms with Crippen LogP contribution in [0.2, 0.25) is 6.04 Å². The highest BCUT2D eigenvalue weighted by Gasteiger charge is 2.36. The van der Waals surface area contributed by atoms with Crippen LogP contribution in [0.25, 0.3) is 11.1 Å². The molecule has 0 unspecified atom stereocenters. The fraction of sp³-hybridized carbons (Fsp3) is 0.400. The van der Waals surface area contributed by atoms with Crippen LogP contribution in [0.15, 0.2) is 42.5 Å². The minimum Gasteiger partial charge on any atom is -0.508 e. The van der Waals surface area contributed by atoms with E-state index in [0.717, 1.165) is 35.3 Å². The van der Waals surface area contributed by atoms with Crippen LogP contribution < -0.4 is 4.74 Å². The zero-order valence-corrected chi connectivity index (χ0v) is 17.4. The SMILES string of the molecule is COCOc1ccc(-c2ccc(O)cc2CCC[Si](OC)(OC)OC)cc1. The van der Waals surface area contributed by atoms with E-state index in [9.17, 15) is 5.11 Å². The predicted molar refractivity (Wildman–Crippen MR) is 106 cm³/mol. The summed E-state index contributed by atoms with van der Waals surface area (Å²) in [6.07, 6.45) is 1.60. The lowest BCUT2D eigenvalue weighted by Crippen LogP contribution is -2.42. The molecule has 27 heavy (non-hydrogen) atoms. The maximum Gasteiger partial charge on any atom is 0.500 e. The first-order valence-electron chi connectivity index (χ1n) is 8.77. The molecule has 0 saturated carbocycles. The summed E-state index contributed by atoms with van der Waals surface area (Å²) >= 11 is 0. The molecule has 0 aromatic heterocycles. The van der Waals surface area contributed by atoms with E-state index in [2.05, 4.69) is 0 Å². The molecule has 0 aliphatic heterocycles. The standard InChI is InChI=1S/C20H28O6Si/c1-22-15-26-19-10-7-16(8-11-19)20-12-9-18(21)14-17(20)6-5-13-27(23-2,24-3)25-4/h7-12,14,21H,5-6,13,15H2,1-4H3. The highest BCUT2D eigenvalue weighted by Crippen LogP contribution is 2.30. The lowest BCUT2D eigenvalue weighted by molar-refractivity contribution is 0.0511. The molecule has 2 aromatic rings. The van der Waals surface area contributed by atoms with Crippen LogP contribution in [0, 0.1) is 0 Å². The van der Waals surface area contributed by atoms with Crippen molar-refractivity contribution in [3.05, 3.63) is 48.0 Å². The zero-order valence-electron chi connectivity index (χ0n) is 16.4. The molecule has 0 saturated heterocycles. The normalized spacial score (nSPS) is 11.6. The number of hydrogen-bond donors (Lipinski definition) is 1. The Hall–Kier alpha value is -1.90. The number of ether oxygens (including phenoxy) is 2. The second kappa shape index (κ2) is 10.4. The van der Waals surface area contributed by atoms with E-state index in [-0.39, 0.29) is 12.5 Å². The van der Waals surface area contributed by atoms with Crippen LogP contribution in [0.5, 0.6) is 11.5 Å². The highest BCUT2D eigenvalue weighted by molar-refractivity contribution is 6.60. The molecule has 0 atom stereocenters. The average molecular weight is 393 g/mol. The minimum absolute atomic E-state index is 0.216. The fourth-order valence-electron chi connectivity index (χ4n) is 2.98. The quantitative estimate of drug-likeness (QED) is 0.463. The van der Waals surface area contributed by atoms with Crippen molar-refractivity contribution in [2.75, 3.05) is 35.2 Å². The van der Waals surface area contributed by atoms with Crippen molar-refractivity contribution in [1.82, 2.24) is 0 Å². The Morgan fingerprint density at radius 2 is 1.56 bits per heavy atom. The highest BCUT2D eigenvalue weighted by atomic mass is 28.4. The van der Waals surface area contributed by atoms with E-state index in [0.29, 0.717) is 6.04 Å². The number of phenolic OH excluding ortho intramolecular Hbond substituents is 1. The topological polar surface area (TPSA) is 66.4 Å². The smallest absolute Gasteiger partial charge is 0.500 e. The Morgan fingerprint density at radius 1 is 0.889 bits per heavy atom. The van der Waals surface area contributed by atoms with E-state index in [1.54, 1.807) is 40.6 Å². The van der Waals surface area contributed by atoms with Gasteiger partial charge >= 0.3 is 8.80 Å². The van der Waals surface area contributed by atoms with Gasteiger partial charge < -0.3 is 27.9 Å². The number of aryl methyl sites for hydroxylation is 1. The van der Waals surface area contributed by atoms with Crippen molar-refractivity contribution in [3.63, 3.8) is 0 Å². The number of aromatic hydroxyl groups is 1. The lowest BCUT2D eigenvalue weighted by atomic mass is 9.96. The summed E-state index contributed by atoms with van der Waals surface area (Å²) in [7, 11) is 3.85. The monoisotopic (exact) mass is 392 g/mol. The summed E-state index contributed by atoms with van der Waals surface area (Å²) in [5.41, 5.74) is 3.20. The summed E-state index contributed by atoms with van der Waals surface area (Å²) in [5, 5.41) is 9.92. The van der Waals surface area contributed by atoms with Gasteiger partial charge in [0.05, 0.1) is 0 Å². The number of benzene rings is 2. The van der Waals surface area contributed by atoms with Gasteiger partial charge in [-0.15, -0.1) is 0 Å². The van der Waals surface area contributed by atoms with E-state index >= 15 is 0 Å². The summed E-state index contributed by atoms with van der Waals surface area (Å²) in [4.78, 5) is 0. The molecule has 7 heteroatoms. The molecule has 0 fully saturated rings. The molecule has 0 heterocycles. The second-order valence-corrected chi connectivity index (χ2v) is 9.16. The second-order valence-electron chi connectivity index (χ2n) is 6.07. The molecule has 0 aliphatic rings. The Kier molecular flexibility index (Phi) is 8.27. The minimum atomic E-state index is -2.59. The van der Waals surface area contributed by atoms with Crippen molar-refractivity contribution < 1.29 is 27.9 Å². The first-order valence-corrected chi connectivity index (χ1v) is 10.7. The molecule has 0 bridgehead atoms. The van der Waals surface area contributed by atoms with E-state index in [1.807, 2.05) is 30.3 Å². The molecule has 0 spiro atoms. The van der Waals surface area contributed by atoms with Gasteiger partial charge in [0.1, 0.15) is 11.5 Å². The molecule has 0 aliphatic carbocycles. The maximum absolute atomic E-state index is 9.92. The largest absolute Gasteiger partial charge is 0.508 e. The predicted octanol–water partition coefficient (Wildman–Crippen LogP) is 3.85. The summed E-state index contributed by atoms with van der Waals surface area (Å²) < 4.78 is 26.8. The van der Waals surface area contributed by atoms with Crippen LogP contribution in [-0.4, -0.2) is 49.1 Å². The fourth-order valence-corrected chi connectivity index (χ4v) is 4.70. The van der Waals surface area contributed by atoms with Gasteiger partial charge in [-0.1, -0.05) is 18.2 Å². The molecule has 2 aromatic carbocycles. The summed E-state index contributed by atoms with van der Waals surface area (Å²) in [6, 6.07) is 14.0. The number of phenols is 1. The van der Waals surface area contributed by atoms with Crippen molar-refractivity contribution in [1.29, 1.82) is 0 Å². The molecule has 2 rings (SSSR count). The van der Waals surface area contributed by atoms with Crippen molar-refractivity contribution in [3.8, 4) is 22.6 Å². The van der Waals surface area contributed by atoms with E-state index in [1.165, 1.54) is 0 Å². The van der Waals surface area contributed by atoms with Gasteiger partial charge in [0.15, 0.2) is 6.79 Å². The maximum atomic E-state index is 9.92. The average Bonchev–Trinajstić information content (AvgIpc) is 2.71. The summed E-state index contributed by atoms with van der Waals surface area (Å²) in [6.45, 7) is 0.216. The van der Waals surface area contributed by atoms with Crippen molar-refractivity contribution in [2.45, 2.75) is 18.9 Å². The number of rotatable bonds is 11. The third-order valence-electron chi connectivity index (χ3n) is 4.46. The molecular formula is C20H28O6Si. The number of methoxy groups -OCH3 is 1. The van der Waals surface area contributed by atoms with Crippen LogP contribution in [-0.2, 0) is 24.4 Å². The van der Waals surface area contributed by atoms with Crippen LogP contribution in [0.4, 0.5) is 0 Å². The van der Waals surface area contributed by atoms with Gasteiger partial charge in [-0.05, 0) is 53.8 Å². The van der Waals surface area contributed by atoms with Gasteiger partial charge in [0.25, 0.3) is 0 Å². The van der Waals surface area contributed by atoms with Crippen molar-refractivity contribution in [2.24, 2.45) is 0 Å². The first-order chi connectivity index (χ1) is 13.1. The van der Waals surface area contributed by atoms with Gasteiger partial charge in [0.2, 0.25) is 0 Å². The lowest BCUT2D eigenvalue weighted by Gasteiger charge is -2.24. The molecule has 0 amide bonds. The van der Waals surface area contributed by atoms with E-state index < -0.39 is 8.80 Å². The Bertz CT molecular complexity index is 692. The van der Waals surface area contributed by atoms with Crippen LogP contribution in [0.3, 0.4) is 0 Å². The van der Waals surface area contributed by atoms with Gasteiger partial charge in [-0.3, -0.25) is 0 Å². The molecule has 6 nitrogen and oxygen atoms in total. The Labute approximate surface area is 162 Å². The molecular weight excluding hydrogens is 364 g/mol. The van der Waals surface area contributed by atoms with Gasteiger partial charge in [-0.2, -0.15) is 0 Å². The van der Waals surface area contributed by atoms with E-state index in [4.69, 9.17) is 22.8 Å². The Morgan fingerprint density at radius 3 is 2.15 bits per heavy atom. The zero-order chi connectivity index (χ0) is 19.7. The van der Waals surface area contributed by atoms with Crippen molar-refractivity contribution >= 4 is 8.80 Å². The molecule has 0 radical (unpaired) electrons. The number of hydrogen-bond acceptors (Lipinski definition) is 6. The molecule has 148 valence electrons. The van der Waals surface area contributed by atoms with Crippen LogP contribution in [0.1, 0.15) is 12.0 Å². The van der Waals surface area contributed by atoms with Crippen LogP contribution >= 0.6 is 0 Å². The Balaban J connectivity index is 2.14. The summed E-state index contributed by atoms with van der Waals surface area (Å²) in [5.74, 6) is 1.000. The third kappa shape index (κ3) is 5.79. The first kappa shape index (κ1) is 21.4. The third-order valence-corrected chi connectivity index (χ3v) is 7.29.